The molecule has 0 aliphatic heterocycles. The average molecular weight is 211 g/mol. The number of nitrogens with zero attached hydrogens (tertiary/aromatic N) is 2. The highest BCUT2D eigenvalue weighted by atomic mass is 19.3. The van der Waals surface area contributed by atoms with Crippen molar-refractivity contribution in [1.29, 1.82) is 0 Å². The van der Waals surface area contributed by atoms with Crippen molar-refractivity contribution in [2.75, 3.05) is 0 Å². The van der Waals surface area contributed by atoms with Crippen LogP contribution in [0.3, 0.4) is 0 Å². The molecular formula is C7H9F4N3. The second-order valence-corrected chi connectivity index (χ2v) is 2.78. The van der Waals surface area contributed by atoms with E-state index in [9.17, 15) is 17.6 Å². The number of hydrogen-bond donors (Lipinski definition) is 1. The lowest BCUT2D eigenvalue weighted by atomic mass is 10.3. The molecule has 0 unspecified atom stereocenters. The van der Waals surface area contributed by atoms with Crippen molar-refractivity contribution in [3.05, 3.63) is 18.2 Å². The van der Waals surface area contributed by atoms with E-state index in [1.807, 2.05) is 0 Å². The summed E-state index contributed by atoms with van der Waals surface area (Å²) in [7, 11) is 0. The van der Waals surface area contributed by atoms with E-state index < -0.39 is 18.9 Å². The third-order valence-corrected chi connectivity index (χ3v) is 1.71. The third-order valence-electron chi connectivity index (χ3n) is 1.71. The molecule has 0 fully saturated rings. The van der Waals surface area contributed by atoms with E-state index in [0.29, 0.717) is 5.69 Å². The van der Waals surface area contributed by atoms with Gasteiger partial charge in [0, 0.05) is 12.7 Å². The highest BCUT2D eigenvalue weighted by molar-refractivity contribution is 4.98. The van der Waals surface area contributed by atoms with Crippen LogP contribution in [-0.2, 0) is 13.1 Å². The summed E-state index contributed by atoms with van der Waals surface area (Å²) in [6, 6.07) is 0. The van der Waals surface area contributed by atoms with Gasteiger partial charge in [0.15, 0.2) is 0 Å². The summed E-state index contributed by atoms with van der Waals surface area (Å²) in [5, 5.41) is 0. The molecule has 1 aromatic heterocycles. The van der Waals surface area contributed by atoms with Crippen LogP contribution in [0.15, 0.2) is 12.5 Å². The molecule has 0 bridgehead atoms. The fourth-order valence-electron chi connectivity index (χ4n) is 0.957. The number of alkyl halides is 4. The maximum atomic E-state index is 12.6. The lowest BCUT2D eigenvalue weighted by molar-refractivity contribution is -0.138. The van der Waals surface area contributed by atoms with E-state index >= 15 is 0 Å². The Morgan fingerprint density at radius 3 is 2.64 bits per heavy atom. The van der Waals surface area contributed by atoms with Crippen LogP contribution in [0.5, 0.6) is 0 Å². The molecule has 0 atom stereocenters. The van der Waals surface area contributed by atoms with Crippen LogP contribution < -0.4 is 5.73 Å². The minimum absolute atomic E-state index is 0.0146. The number of rotatable bonds is 4. The maximum Gasteiger partial charge on any atom is 0.324 e. The van der Waals surface area contributed by atoms with Crippen LogP contribution >= 0.6 is 0 Å². The SMILES string of the molecule is NCc1cncn1CC(F)(F)C(F)F. The first-order chi connectivity index (χ1) is 6.47. The molecule has 14 heavy (non-hydrogen) atoms. The molecule has 0 spiro atoms. The lowest BCUT2D eigenvalue weighted by Crippen LogP contribution is -2.32. The molecule has 0 aliphatic carbocycles. The highest BCUT2D eigenvalue weighted by Gasteiger charge is 2.41. The van der Waals surface area contributed by atoms with Crippen LogP contribution in [0.1, 0.15) is 5.69 Å². The monoisotopic (exact) mass is 211 g/mol. The van der Waals surface area contributed by atoms with Crippen LogP contribution in [0.4, 0.5) is 17.6 Å². The van der Waals surface area contributed by atoms with Crippen molar-refractivity contribution in [2.45, 2.75) is 25.4 Å². The largest absolute Gasteiger partial charge is 0.327 e. The Balaban J connectivity index is 2.78. The van der Waals surface area contributed by atoms with Gasteiger partial charge in [0.05, 0.1) is 18.6 Å². The zero-order valence-corrected chi connectivity index (χ0v) is 7.13. The van der Waals surface area contributed by atoms with Gasteiger partial charge in [0.1, 0.15) is 0 Å². The summed E-state index contributed by atoms with van der Waals surface area (Å²) in [5.41, 5.74) is 5.49. The molecular weight excluding hydrogens is 202 g/mol. The molecule has 0 aliphatic rings. The summed E-state index contributed by atoms with van der Waals surface area (Å²) in [6.07, 6.45) is -1.37. The Morgan fingerprint density at radius 2 is 2.14 bits per heavy atom. The number of hydrogen-bond acceptors (Lipinski definition) is 2. The summed E-state index contributed by atoms with van der Waals surface area (Å²) in [6.45, 7) is -1.11. The fourth-order valence-corrected chi connectivity index (χ4v) is 0.957. The molecule has 1 aromatic rings. The van der Waals surface area contributed by atoms with Crippen LogP contribution in [0, 0.1) is 0 Å². The van der Waals surface area contributed by atoms with Gasteiger partial charge in [-0.05, 0) is 0 Å². The average Bonchev–Trinajstić information content (AvgIpc) is 2.50. The molecule has 0 saturated heterocycles. The third kappa shape index (κ3) is 2.22. The van der Waals surface area contributed by atoms with Crippen LogP contribution in [0.25, 0.3) is 0 Å². The van der Waals surface area contributed by atoms with Gasteiger partial charge >= 0.3 is 12.3 Å². The summed E-state index contributed by atoms with van der Waals surface area (Å²) in [5.74, 6) is -4.05. The Bertz CT molecular complexity index is 297. The predicted molar refractivity (Wildman–Crippen MR) is 41.1 cm³/mol. The minimum atomic E-state index is -4.05. The second kappa shape index (κ2) is 3.95. The first-order valence-corrected chi connectivity index (χ1v) is 3.82. The molecule has 0 amide bonds. The second-order valence-electron chi connectivity index (χ2n) is 2.78. The van der Waals surface area contributed by atoms with E-state index in [1.165, 1.54) is 6.20 Å². The van der Waals surface area contributed by atoms with Gasteiger partial charge in [0.25, 0.3) is 0 Å². The van der Waals surface area contributed by atoms with Gasteiger partial charge in [-0.25, -0.2) is 13.8 Å². The summed E-state index contributed by atoms with van der Waals surface area (Å²) in [4.78, 5) is 3.54. The van der Waals surface area contributed by atoms with Gasteiger partial charge < -0.3 is 10.3 Å². The smallest absolute Gasteiger partial charge is 0.324 e. The molecule has 0 aromatic carbocycles. The molecule has 0 saturated carbocycles. The van der Waals surface area contributed by atoms with Crippen molar-refractivity contribution >= 4 is 0 Å². The van der Waals surface area contributed by atoms with Crippen molar-refractivity contribution in [3.63, 3.8) is 0 Å². The molecule has 80 valence electrons. The van der Waals surface area contributed by atoms with Gasteiger partial charge in [-0.3, -0.25) is 0 Å². The number of aromatic nitrogens is 2. The van der Waals surface area contributed by atoms with Gasteiger partial charge in [-0.2, -0.15) is 8.78 Å². The Kier molecular flexibility index (Phi) is 3.10. The quantitative estimate of drug-likeness (QED) is 0.761. The Morgan fingerprint density at radius 1 is 1.50 bits per heavy atom. The zero-order chi connectivity index (χ0) is 10.8. The van der Waals surface area contributed by atoms with Crippen molar-refractivity contribution in [3.8, 4) is 0 Å². The van der Waals surface area contributed by atoms with Crippen molar-refractivity contribution in [1.82, 2.24) is 9.55 Å². The van der Waals surface area contributed by atoms with E-state index in [2.05, 4.69) is 4.98 Å². The highest BCUT2D eigenvalue weighted by Crippen LogP contribution is 2.25. The molecule has 2 N–H and O–H groups in total. The first kappa shape index (κ1) is 11.0. The van der Waals surface area contributed by atoms with Gasteiger partial charge in [0.2, 0.25) is 0 Å². The topological polar surface area (TPSA) is 43.8 Å². The Labute approximate surface area is 77.5 Å². The van der Waals surface area contributed by atoms with Crippen molar-refractivity contribution < 1.29 is 17.6 Å². The van der Waals surface area contributed by atoms with E-state index in [-0.39, 0.29) is 6.54 Å². The fraction of sp³-hybridized carbons (Fsp3) is 0.571. The number of imidazole rings is 1. The maximum absolute atomic E-state index is 12.6. The van der Waals surface area contributed by atoms with Crippen LogP contribution in [-0.4, -0.2) is 21.9 Å². The summed E-state index contributed by atoms with van der Waals surface area (Å²) >= 11 is 0. The van der Waals surface area contributed by atoms with E-state index in [0.717, 1.165) is 10.9 Å². The summed E-state index contributed by atoms with van der Waals surface area (Å²) < 4.78 is 49.7. The standard InChI is InChI=1S/C7H9F4N3/c8-6(9)7(10,11)3-14-4-13-2-5(14)1-12/h2,4,6H,1,3,12H2. The predicted octanol–water partition coefficient (Wildman–Crippen LogP) is 1.24. The van der Waals surface area contributed by atoms with Crippen LogP contribution in [0.2, 0.25) is 0 Å². The molecule has 3 nitrogen and oxygen atoms in total. The number of halogens is 4. The molecule has 1 heterocycles. The normalized spacial score (nSPS) is 12.4. The lowest BCUT2D eigenvalue weighted by Gasteiger charge is -2.16. The molecule has 0 radical (unpaired) electrons. The first-order valence-electron chi connectivity index (χ1n) is 3.82. The molecule has 1 rings (SSSR count). The van der Waals surface area contributed by atoms with Crippen molar-refractivity contribution in [2.24, 2.45) is 5.73 Å². The van der Waals surface area contributed by atoms with E-state index in [4.69, 9.17) is 5.73 Å². The number of nitrogens with two attached hydrogens (primary N) is 1. The van der Waals surface area contributed by atoms with Gasteiger partial charge in [-0.1, -0.05) is 0 Å². The zero-order valence-electron chi connectivity index (χ0n) is 7.13. The van der Waals surface area contributed by atoms with E-state index in [1.54, 1.807) is 0 Å². The minimum Gasteiger partial charge on any atom is -0.327 e. The van der Waals surface area contributed by atoms with Gasteiger partial charge in [-0.15, -0.1) is 0 Å². The molecule has 7 heteroatoms. The Hall–Kier alpha value is -1.11.